The number of sulfonamides is 1. The van der Waals surface area contributed by atoms with E-state index in [9.17, 15) is 13.2 Å². The van der Waals surface area contributed by atoms with E-state index in [1.165, 1.54) is 11.4 Å². The van der Waals surface area contributed by atoms with Gasteiger partial charge in [0.05, 0.1) is 12.0 Å². The van der Waals surface area contributed by atoms with Crippen LogP contribution >= 0.6 is 0 Å². The number of carbonyl (C=O) groups is 1. The van der Waals surface area contributed by atoms with Crippen molar-refractivity contribution in [2.24, 2.45) is 0 Å². The summed E-state index contributed by atoms with van der Waals surface area (Å²) in [7, 11) is -2.13. The van der Waals surface area contributed by atoms with Gasteiger partial charge in [-0.1, -0.05) is 18.2 Å². The van der Waals surface area contributed by atoms with Gasteiger partial charge < -0.3 is 4.74 Å². The molecule has 1 rings (SSSR count). The SMILES string of the molecule is CC=CC=C(C)S(=O)(=O)N1CC=C(C(=O)OC)CC1. The van der Waals surface area contributed by atoms with E-state index >= 15 is 0 Å². The van der Waals surface area contributed by atoms with Gasteiger partial charge >= 0.3 is 5.97 Å². The lowest BCUT2D eigenvalue weighted by Crippen LogP contribution is -2.36. The van der Waals surface area contributed by atoms with E-state index in [1.54, 1.807) is 31.2 Å². The normalized spacial score (nSPS) is 18.5. The summed E-state index contributed by atoms with van der Waals surface area (Å²) in [6.45, 7) is 3.88. The Kier molecular flexibility index (Phi) is 5.50. The summed E-state index contributed by atoms with van der Waals surface area (Å²) in [4.78, 5) is 11.6. The summed E-state index contributed by atoms with van der Waals surface area (Å²) in [5.41, 5.74) is 0.532. The zero-order valence-electron chi connectivity index (χ0n) is 11.4. The molecule has 0 aliphatic carbocycles. The highest BCUT2D eigenvalue weighted by molar-refractivity contribution is 7.93. The van der Waals surface area contributed by atoms with Crippen LogP contribution in [0.2, 0.25) is 0 Å². The molecule has 0 unspecified atom stereocenters. The van der Waals surface area contributed by atoms with E-state index in [-0.39, 0.29) is 6.54 Å². The summed E-state index contributed by atoms with van der Waals surface area (Å²) in [5, 5.41) is 0. The van der Waals surface area contributed by atoms with Crippen molar-refractivity contribution in [3.8, 4) is 0 Å². The highest BCUT2D eigenvalue weighted by Crippen LogP contribution is 2.19. The monoisotopic (exact) mass is 285 g/mol. The van der Waals surface area contributed by atoms with Gasteiger partial charge in [0, 0.05) is 18.7 Å². The maximum absolute atomic E-state index is 12.2. The molecule has 0 aromatic heterocycles. The highest BCUT2D eigenvalue weighted by atomic mass is 32.2. The molecule has 106 valence electrons. The van der Waals surface area contributed by atoms with E-state index in [4.69, 9.17) is 0 Å². The van der Waals surface area contributed by atoms with Crippen molar-refractivity contribution >= 4 is 16.0 Å². The van der Waals surface area contributed by atoms with Crippen molar-refractivity contribution in [1.29, 1.82) is 0 Å². The third-order valence-electron chi connectivity index (χ3n) is 2.89. The van der Waals surface area contributed by atoms with E-state index in [2.05, 4.69) is 4.74 Å². The van der Waals surface area contributed by atoms with Crippen molar-refractivity contribution in [3.63, 3.8) is 0 Å². The molecular weight excluding hydrogens is 266 g/mol. The van der Waals surface area contributed by atoms with Crippen molar-refractivity contribution in [1.82, 2.24) is 4.31 Å². The van der Waals surface area contributed by atoms with Gasteiger partial charge in [0.25, 0.3) is 0 Å². The number of allylic oxidation sites excluding steroid dienone is 4. The fourth-order valence-corrected chi connectivity index (χ4v) is 2.97. The first-order chi connectivity index (χ1) is 8.93. The largest absolute Gasteiger partial charge is 0.466 e. The van der Waals surface area contributed by atoms with E-state index in [0.29, 0.717) is 23.4 Å². The molecule has 0 bridgehead atoms. The molecule has 19 heavy (non-hydrogen) atoms. The Morgan fingerprint density at radius 2 is 2.16 bits per heavy atom. The molecule has 0 amide bonds. The predicted octanol–water partition coefficient (Wildman–Crippen LogP) is 1.60. The second kappa shape index (κ2) is 6.68. The Labute approximate surface area is 114 Å². The van der Waals surface area contributed by atoms with Crippen LogP contribution in [-0.4, -0.2) is 38.9 Å². The first-order valence-corrected chi connectivity index (χ1v) is 7.44. The number of esters is 1. The first-order valence-electron chi connectivity index (χ1n) is 6.00. The molecule has 0 aromatic carbocycles. The quantitative estimate of drug-likeness (QED) is 0.581. The second-order valence-corrected chi connectivity index (χ2v) is 6.25. The minimum Gasteiger partial charge on any atom is -0.466 e. The van der Waals surface area contributed by atoms with E-state index in [0.717, 1.165) is 0 Å². The van der Waals surface area contributed by atoms with Gasteiger partial charge in [0.15, 0.2) is 0 Å². The number of carbonyl (C=O) groups excluding carboxylic acids is 1. The van der Waals surface area contributed by atoms with Gasteiger partial charge in [0.2, 0.25) is 10.0 Å². The van der Waals surface area contributed by atoms with Crippen LogP contribution in [0.15, 0.2) is 34.8 Å². The topological polar surface area (TPSA) is 63.7 Å². The zero-order valence-corrected chi connectivity index (χ0v) is 12.2. The maximum Gasteiger partial charge on any atom is 0.333 e. The standard InChI is InChI=1S/C13H19NO4S/c1-4-5-6-11(2)19(16,17)14-9-7-12(8-10-14)13(15)18-3/h4-7H,8-10H2,1-3H3. The maximum atomic E-state index is 12.2. The smallest absolute Gasteiger partial charge is 0.333 e. The number of methoxy groups -OCH3 is 1. The van der Waals surface area contributed by atoms with Crippen LogP contribution in [0.1, 0.15) is 20.3 Å². The van der Waals surface area contributed by atoms with Gasteiger partial charge in [-0.2, -0.15) is 4.31 Å². The van der Waals surface area contributed by atoms with Crippen LogP contribution < -0.4 is 0 Å². The molecule has 1 aliphatic heterocycles. The third kappa shape index (κ3) is 3.78. The lowest BCUT2D eigenvalue weighted by atomic mass is 10.1. The van der Waals surface area contributed by atoms with Crippen LogP contribution in [0, 0.1) is 0 Å². The summed E-state index contributed by atoms with van der Waals surface area (Å²) >= 11 is 0. The molecule has 1 aliphatic rings. The van der Waals surface area contributed by atoms with Crippen LogP contribution in [-0.2, 0) is 19.6 Å². The molecule has 0 atom stereocenters. The first kappa shape index (κ1) is 15.7. The fraction of sp³-hybridized carbons (Fsp3) is 0.462. The molecule has 0 saturated carbocycles. The summed E-state index contributed by atoms with van der Waals surface area (Å²) in [5.74, 6) is -0.391. The second-order valence-electron chi connectivity index (χ2n) is 4.14. The van der Waals surface area contributed by atoms with E-state index in [1.807, 2.05) is 6.92 Å². The van der Waals surface area contributed by atoms with Crippen molar-refractivity contribution in [3.05, 3.63) is 34.8 Å². The number of ether oxygens (including phenoxy) is 1. The molecular formula is C13H19NO4S. The molecule has 5 nitrogen and oxygen atoms in total. The summed E-state index contributed by atoms with van der Waals surface area (Å²) < 4.78 is 30.4. The number of nitrogens with zero attached hydrogens (tertiary/aromatic N) is 1. The number of hydrogen-bond acceptors (Lipinski definition) is 4. The highest BCUT2D eigenvalue weighted by Gasteiger charge is 2.27. The Morgan fingerprint density at radius 3 is 2.63 bits per heavy atom. The van der Waals surface area contributed by atoms with Crippen molar-refractivity contribution in [2.45, 2.75) is 20.3 Å². The Balaban J connectivity index is 2.85. The van der Waals surface area contributed by atoms with Gasteiger partial charge in [0.1, 0.15) is 0 Å². The van der Waals surface area contributed by atoms with Gasteiger partial charge in [-0.3, -0.25) is 0 Å². The average molecular weight is 285 g/mol. The summed E-state index contributed by atoms with van der Waals surface area (Å²) in [6.07, 6.45) is 7.00. The third-order valence-corrected chi connectivity index (χ3v) is 4.85. The van der Waals surface area contributed by atoms with Gasteiger partial charge in [-0.25, -0.2) is 13.2 Å². The molecule has 0 aromatic rings. The molecule has 0 saturated heterocycles. The van der Waals surface area contributed by atoms with Crippen molar-refractivity contribution in [2.75, 3.05) is 20.2 Å². The van der Waals surface area contributed by atoms with Crippen LogP contribution in [0.3, 0.4) is 0 Å². The Morgan fingerprint density at radius 1 is 1.47 bits per heavy atom. The number of hydrogen-bond donors (Lipinski definition) is 0. The van der Waals surface area contributed by atoms with Crippen molar-refractivity contribution < 1.29 is 17.9 Å². The molecule has 0 spiro atoms. The molecule has 0 fully saturated rings. The minimum atomic E-state index is -3.44. The average Bonchev–Trinajstić information content (AvgIpc) is 2.43. The van der Waals surface area contributed by atoms with E-state index < -0.39 is 16.0 Å². The fourth-order valence-electron chi connectivity index (χ4n) is 1.71. The molecule has 0 N–H and O–H groups in total. The van der Waals surface area contributed by atoms with Gasteiger partial charge in [-0.05, 0) is 26.3 Å². The molecule has 6 heteroatoms. The zero-order chi connectivity index (χ0) is 14.5. The predicted molar refractivity (Wildman–Crippen MR) is 73.8 cm³/mol. The van der Waals surface area contributed by atoms with Crippen LogP contribution in [0.4, 0.5) is 0 Å². The molecule has 0 radical (unpaired) electrons. The molecule has 1 heterocycles. The summed E-state index contributed by atoms with van der Waals surface area (Å²) in [6, 6.07) is 0. The lowest BCUT2D eigenvalue weighted by Gasteiger charge is -2.25. The Bertz CT molecular complexity index is 529. The lowest BCUT2D eigenvalue weighted by molar-refractivity contribution is -0.136. The van der Waals surface area contributed by atoms with Crippen LogP contribution in [0.25, 0.3) is 0 Å². The van der Waals surface area contributed by atoms with Gasteiger partial charge in [-0.15, -0.1) is 0 Å². The Hall–Kier alpha value is -1.40. The minimum absolute atomic E-state index is 0.202. The van der Waals surface area contributed by atoms with Crippen LogP contribution in [0.5, 0.6) is 0 Å². The number of rotatable bonds is 4.